The summed E-state index contributed by atoms with van der Waals surface area (Å²) in [5.74, 6) is 5.77. The van der Waals surface area contributed by atoms with Crippen molar-refractivity contribution in [3.05, 3.63) is 0 Å². The monoisotopic (exact) mass is 256 g/mol. The van der Waals surface area contributed by atoms with Crippen LogP contribution in [-0.4, -0.2) is 67.3 Å². The highest BCUT2D eigenvalue weighted by Gasteiger charge is 2.36. The zero-order valence-electron chi connectivity index (χ0n) is 12.0. The van der Waals surface area contributed by atoms with Gasteiger partial charge in [0.25, 0.3) is 0 Å². The van der Waals surface area contributed by atoms with E-state index >= 15 is 0 Å². The Morgan fingerprint density at radius 1 is 1.33 bits per heavy atom. The van der Waals surface area contributed by atoms with E-state index in [4.69, 9.17) is 10.6 Å². The molecular formula is C13H28N4O. The first-order chi connectivity index (χ1) is 8.55. The van der Waals surface area contributed by atoms with E-state index in [0.29, 0.717) is 12.1 Å². The van der Waals surface area contributed by atoms with Crippen LogP contribution in [0, 0.1) is 0 Å². The summed E-state index contributed by atoms with van der Waals surface area (Å²) in [4.78, 5) is 5.14. The average Bonchev–Trinajstić information content (AvgIpc) is 2.41. The third-order valence-corrected chi connectivity index (χ3v) is 4.61. The molecule has 5 nitrogen and oxygen atoms in total. The number of piperazine rings is 3. The SMILES string of the molecule is COC(C)(C)CCC(NN)C1CN2CCN1CC2. The predicted molar refractivity (Wildman–Crippen MR) is 73.2 cm³/mol. The molecule has 5 heteroatoms. The minimum absolute atomic E-state index is 0.0571. The second kappa shape index (κ2) is 5.84. The Morgan fingerprint density at radius 2 is 2.00 bits per heavy atom. The van der Waals surface area contributed by atoms with Gasteiger partial charge in [0, 0.05) is 51.9 Å². The fraction of sp³-hybridized carbons (Fsp3) is 1.00. The molecule has 3 N–H and O–H groups in total. The van der Waals surface area contributed by atoms with E-state index in [-0.39, 0.29) is 5.60 Å². The largest absolute Gasteiger partial charge is 0.379 e. The van der Waals surface area contributed by atoms with E-state index in [1.807, 2.05) is 0 Å². The molecule has 0 aromatic carbocycles. The van der Waals surface area contributed by atoms with E-state index in [1.165, 1.54) is 26.2 Å². The third kappa shape index (κ3) is 3.22. The fourth-order valence-electron chi connectivity index (χ4n) is 3.03. The Kier molecular flexibility index (Phi) is 4.61. The number of methoxy groups -OCH3 is 1. The van der Waals surface area contributed by atoms with Gasteiger partial charge in [0.2, 0.25) is 0 Å². The summed E-state index contributed by atoms with van der Waals surface area (Å²) >= 11 is 0. The van der Waals surface area contributed by atoms with Gasteiger partial charge in [0.1, 0.15) is 0 Å². The number of nitrogens with one attached hydrogen (secondary N) is 1. The van der Waals surface area contributed by atoms with Crippen molar-refractivity contribution >= 4 is 0 Å². The summed E-state index contributed by atoms with van der Waals surface area (Å²) in [7, 11) is 1.78. The number of ether oxygens (including phenoxy) is 1. The molecule has 0 radical (unpaired) electrons. The number of hydrogen-bond donors (Lipinski definition) is 2. The van der Waals surface area contributed by atoms with E-state index < -0.39 is 0 Å². The third-order valence-electron chi connectivity index (χ3n) is 4.61. The molecule has 106 valence electrons. The minimum Gasteiger partial charge on any atom is -0.379 e. The molecule has 3 saturated heterocycles. The smallest absolute Gasteiger partial charge is 0.0623 e. The van der Waals surface area contributed by atoms with Crippen molar-refractivity contribution in [2.75, 3.05) is 39.8 Å². The summed E-state index contributed by atoms with van der Waals surface area (Å²) in [5.41, 5.74) is 2.97. The van der Waals surface area contributed by atoms with E-state index in [9.17, 15) is 0 Å². The minimum atomic E-state index is -0.0571. The van der Waals surface area contributed by atoms with Crippen molar-refractivity contribution in [2.24, 2.45) is 5.84 Å². The molecule has 0 aromatic rings. The quantitative estimate of drug-likeness (QED) is 0.518. The van der Waals surface area contributed by atoms with E-state index in [2.05, 4.69) is 29.1 Å². The van der Waals surface area contributed by atoms with Gasteiger partial charge in [0.15, 0.2) is 0 Å². The Labute approximate surface area is 111 Å². The molecule has 0 saturated carbocycles. The Bertz CT molecular complexity index is 264. The molecule has 3 aliphatic heterocycles. The van der Waals surface area contributed by atoms with E-state index in [1.54, 1.807) is 7.11 Å². The van der Waals surface area contributed by atoms with Crippen LogP contribution in [0.25, 0.3) is 0 Å². The highest BCUT2D eigenvalue weighted by atomic mass is 16.5. The number of rotatable bonds is 6. The lowest BCUT2D eigenvalue weighted by Gasteiger charge is -2.50. The van der Waals surface area contributed by atoms with Gasteiger partial charge < -0.3 is 4.74 Å². The van der Waals surface area contributed by atoms with Crippen molar-refractivity contribution in [2.45, 2.75) is 44.4 Å². The first-order valence-corrected chi connectivity index (χ1v) is 7.03. The van der Waals surface area contributed by atoms with Crippen molar-refractivity contribution in [3.8, 4) is 0 Å². The molecule has 3 rings (SSSR count). The molecule has 18 heavy (non-hydrogen) atoms. The van der Waals surface area contributed by atoms with Crippen LogP contribution >= 0.6 is 0 Å². The van der Waals surface area contributed by atoms with Gasteiger partial charge in [-0.2, -0.15) is 0 Å². The second-order valence-electron chi connectivity index (χ2n) is 6.18. The standard InChI is InChI=1S/C13H28N4O/c1-13(2,18-3)5-4-11(15-14)12-10-16-6-8-17(12)9-7-16/h11-12,15H,4-10,14H2,1-3H3. The van der Waals surface area contributed by atoms with Gasteiger partial charge in [-0.3, -0.25) is 21.1 Å². The number of nitrogens with zero attached hydrogens (tertiary/aromatic N) is 2. The van der Waals surface area contributed by atoms with Crippen LogP contribution in [-0.2, 0) is 4.74 Å². The van der Waals surface area contributed by atoms with Crippen LogP contribution in [0.3, 0.4) is 0 Å². The maximum absolute atomic E-state index is 5.77. The molecule has 2 atom stereocenters. The van der Waals surface area contributed by atoms with Crippen LogP contribution in [0.1, 0.15) is 26.7 Å². The van der Waals surface area contributed by atoms with Gasteiger partial charge in [-0.15, -0.1) is 0 Å². The van der Waals surface area contributed by atoms with Gasteiger partial charge in [-0.1, -0.05) is 0 Å². The number of nitrogens with two attached hydrogens (primary N) is 1. The lowest BCUT2D eigenvalue weighted by atomic mass is 9.92. The molecule has 3 fully saturated rings. The van der Waals surface area contributed by atoms with Gasteiger partial charge in [-0.25, -0.2) is 0 Å². The normalized spacial score (nSPS) is 33.7. The molecular weight excluding hydrogens is 228 g/mol. The summed E-state index contributed by atoms with van der Waals surface area (Å²) < 4.78 is 5.49. The highest BCUT2D eigenvalue weighted by Crippen LogP contribution is 2.23. The Balaban J connectivity index is 1.88. The topological polar surface area (TPSA) is 53.8 Å². The van der Waals surface area contributed by atoms with Gasteiger partial charge in [-0.05, 0) is 26.7 Å². The van der Waals surface area contributed by atoms with Gasteiger partial charge >= 0.3 is 0 Å². The van der Waals surface area contributed by atoms with Crippen LogP contribution in [0.5, 0.6) is 0 Å². The summed E-state index contributed by atoms with van der Waals surface area (Å²) in [5, 5.41) is 0. The summed E-state index contributed by atoms with van der Waals surface area (Å²) in [6.07, 6.45) is 2.09. The summed E-state index contributed by atoms with van der Waals surface area (Å²) in [6, 6.07) is 0.924. The molecule has 3 aliphatic rings. The molecule has 3 heterocycles. The highest BCUT2D eigenvalue weighted by molar-refractivity contribution is 4.94. The Morgan fingerprint density at radius 3 is 2.44 bits per heavy atom. The molecule has 0 spiro atoms. The zero-order valence-corrected chi connectivity index (χ0v) is 12.0. The van der Waals surface area contributed by atoms with E-state index in [0.717, 1.165) is 19.4 Å². The van der Waals surface area contributed by atoms with Crippen LogP contribution in [0.4, 0.5) is 0 Å². The van der Waals surface area contributed by atoms with Crippen LogP contribution in [0.2, 0.25) is 0 Å². The second-order valence-corrected chi connectivity index (χ2v) is 6.18. The van der Waals surface area contributed by atoms with Crippen molar-refractivity contribution in [3.63, 3.8) is 0 Å². The maximum Gasteiger partial charge on any atom is 0.0623 e. The first kappa shape index (κ1) is 14.2. The zero-order chi connectivity index (χ0) is 13.2. The lowest BCUT2D eigenvalue weighted by Crippen LogP contribution is -2.67. The average molecular weight is 256 g/mol. The molecule has 2 unspecified atom stereocenters. The maximum atomic E-state index is 5.77. The van der Waals surface area contributed by atoms with Crippen molar-refractivity contribution < 1.29 is 4.74 Å². The molecule has 0 aliphatic carbocycles. The predicted octanol–water partition coefficient (Wildman–Crippen LogP) is 0.0233. The molecule has 0 aromatic heterocycles. The number of fused-ring (bicyclic) bond motifs is 3. The fourth-order valence-corrected chi connectivity index (χ4v) is 3.03. The van der Waals surface area contributed by atoms with Crippen molar-refractivity contribution in [1.82, 2.24) is 15.2 Å². The number of hydrogen-bond acceptors (Lipinski definition) is 5. The van der Waals surface area contributed by atoms with Crippen LogP contribution < -0.4 is 11.3 Å². The molecule has 2 bridgehead atoms. The van der Waals surface area contributed by atoms with Gasteiger partial charge in [0.05, 0.1) is 5.60 Å². The first-order valence-electron chi connectivity index (χ1n) is 7.03. The summed E-state index contributed by atoms with van der Waals surface area (Å²) in [6.45, 7) is 10.2. The Hall–Kier alpha value is -0.200. The lowest BCUT2D eigenvalue weighted by molar-refractivity contribution is -0.0175. The molecule has 0 amide bonds. The van der Waals surface area contributed by atoms with Crippen LogP contribution in [0.15, 0.2) is 0 Å². The van der Waals surface area contributed by atoms with Crippen molar-refractivity contribution in [1.29, 1.82) is 0 Å². The number of hydrazine groups is 1.